The molecule has 0 bridgehead atoms. The van der Waals surface area contributed by atoms with Crippen molar-refractivity contribution in [2.45, 2.75) is 90.1 Å². The van der Waals surface area contributed by atoms with Gasteiger partial charge in [0.25, 0.3) is 0 Å². The standard InChI is InChI=1S/C25H33F3O2/c1-23-12-8-17(16-29)14-18(23)6-7-20-21(23)9-13-24(10-3-5-22(20)24)15-19(30)4-2-11-25(26,27)28/h6,14,16,20-22H,2-5,7-13,15H2,1H3/t20-,21+,22+,23+,24+/m1/s1. The maximum Gasteiger partial charge on any atom is 0.389 e. The molecule has 0 radical (unpaired) electrons. The van der Waals surface area contributed by atoms with Crippen molar-refractivity contribution in [3.05, 3.63) is 23.3 Å². The van der Waals surface area contributed by atoms with E-state index in [9.17, 15) is 22.8 Å². The highest BCUT2D eigenvalue weighted by Gasteiger charge is 2.57. The first-order valence-corrected chi connectivity index (χ1v) is 11.6. The largest absolute Gasteiger partial charge is 0.389 e. The Morgan fingerprint density at radius 1 is 1.20 bits per heavy atom. The molecule has 2 saturated carbocycles. The van der Waals surface area contributed by atoms with E-state index in [2.05, 4.69) is 19.1 Å². The number of carbonyl (C=O) groups is 2. The summed E-state index contributed by atoms with van der Waals surface area (Å²) in [5, 5.41) is 0. The Kier molecular flexibility index (Phi) is 5.78. The number of ketones is 1. The van der Waals surface area contributed by atoms with Gasteiger partial charge in [0, 0.05) is 19.3 Å². The number of alkyl halides is 3. The molecule has 2 fully saturated rings. The lowest BCUT2D eigenvalue weighted by Crippen LogP contribution is -2.49. The topological polar surface area (TPSA) is 34.1 Å². The molecule has 4 aliphatic rings. The number of carbonyl (C=O) groups excluding carboxylic acids is 2. The summed E-state index contributed by atoms with van der Waals surface area (Å²) in [6, 6.07) is 0. The fourth-order valence-corrected chi connectivity index (χ4v) is 7.51. The van der Waals surface area contributed by atoms with Crippen LogP contribution in [-0.4, -0.2) is 18.2 Å². The van der Waals surface area contributed by atoms with E-state index in [1.807, 2.05) is 0 Å². The minimum Gasteiger partial charge on any atom is -0.300 e. The molecule has 0 amide bonds. The predicted octanol–water partition coefficient (Wildman–Crippen LogP) is 6.75. The Balaban J connectivity index is 1.48. The van der Waals surface area contributed by atoms with Gasteiger partial charge in [-0.15, -0.1) is 0 Å². The second-order valence-electron chi connectivity index (χ2n) is 10.5. The molecule has 4 rings (SSSR count). The van der Waals surface area contributed by atoms with Gasteiger partial charge in [-0.1, -0.05) is 25.5 Å². The normalized spacial score (nSPS) is 38.1. The van der Waals surface area contributed by atoms with Crippen molar-refractivity contribution in [3.8, 4) is 0 Å². The summed E-state index contributed by atoms with van der Waals surface area (Å²) in [6.45, 7) is 2.36. The van der Waals surface area contributed by atoms with E-state index in [4.69, 9.17) is 0 Å². The molecule has 0 spiro atoms. The molecule has 5 atom stereocenters. The Bertz CT molecular complexity index is 765. The van der Waals surface area contributed by atoms with Gasteiger partial charge in [-0.05, 0) is 91.1 Å². The van der Waals surface area contributed by atoms with Gasteiger partial charge in [0.15, 0.2) is 0 Å². The van der Waals surface area contributed by atoms with Crippen molar-refractivity contribution in [1.82, 2.24) is 0 Å². The van der Waals surface area contributed by atoms with Crippen molar-refractivity contribution in [2.24, 2.45) is 28.6 Å². The van der Waals surface area contributed by atoms with Gasteiger partial charge in [-0.25, -0.2) is 0 Å². The molecule has 166 valence electrons. The lowest BCUT2D eigenvalue weighted by atomic mass is 9.48. The van der Waals surface area contributed by atoms with Gasteiger partial charge >= 0.3 is 6.18 Å². The lowest BCUT2D eigenvalue weighted by Gasteiger charge is -2.57. The van der Waals surface area contributed by atoms with E-state index in [1.165, 1.54) is 5.57 Å². The average molecular weight is 423 g/mol. The summed E-state index contributed by atoms with van der Waals surface area (Å²) in [7, 11) is 0. The molecule has 4 aliphatic carbocycles. The first-order chi connectivity index (χ1) is 14.2. The molecule has 0 unspecified atom stereocenters. The zero-order valence-corrected chi connectivity index (χ0v) is 17.9. The lowest BCUT2D eigenvalue weighted by molar-refractivity contribution is -0.138. The number of hydrogen-bond acceptors (Lipinski definition) is 2. The maximum absolute atomic E-state index is 12.6. The molecule has 30 heavy (non-hydrogen) atoms. The molecule has 0 aromatic heterocycles. The maximum atomic E-state index is 12.6. The quantitative estimate of drug-likeness (QED) is 0.444. The summed E-state index contributed by atoms with van der Waals surface area (Å²) < 4.78 is 37.3. The van der Waals surface area contributed by atoms with Crippen LogP contribution in [0.25, 0.3) is 0 Å². The highest BCUT2D eigenvalue weighted by molar-refractivity contribution is 5.79. The minimum atomic E-state index is -4.17. The average Bonchev–Trinajstić information content (AvgIpc) is 3.10. The number of rotatable bonds is 6. The zero-order valence-electron chi connectivity index (χ0n) is 17.9. The number of Topliss-reactive ketones (excluding diaryl/α,β-unsaturated/α-hetero) is 1. The van der Waals surface area contributed by atoms with Crippen LogP contribution in [0.1, 0.15) is 84.0 Å². The molecule has 0 aliphatic heterocycles. The van der Waals surface area contributed by atoms with Crippen LogP contribution >= 0.6 is 0 Å². The van der Waals surface area contributed by atoms with E-state index in [0.717, 1.165) is 63.2 Å². The van der Waals surface area contributed by atoms with Gasteiger partial charge in [-0.2, -0.15) is 13.2 Å². The van der Waals surface area contributed by atoms with Gasteiger partial charge in [-0.3, -0.25) is 9.59 Å². The molecule has 0 aromatic rings. The molecular weight excluding hydrogens is 389 g/mol. The molecular formula is C25H33F3O2. The van der Waals surface area contributed by atoms with Crippen LogP contribution in [0, 0.1) is 28.6 Å². The third kappa shape index (κ3) is 3.93. The summed E-state index contributed by atoms with van der Waals surface area (Å²) in [6.07, 6.45) is 9.15. The fraction of sp³-hybridized carbons (Fsp3) is 0.760. The molecule has 0 aromatic carbocycles. The second-order valence-corrected chi connectivity index (χ2v) is 10.5. The monoisotopic (exact) mass is 422 g/mol. The third-order valence-corrected chi connectivity index (χ3v) is 8.94. The van der Waals surface area contributed by atoms with Crippen LogP contribution in [0.2, 0.25) is 0 Å². The highest BCUT2D eigenvalue weighted by atomic mass is 19.4. The molecule has 0 saturated heterocycles. The Labute approximate surface area is 177 Å². The van der Waals surface area contributed by atoms with Crippen LogP contribution in [0.3, 0.4) is 0 Å². The van der Waals surface area contributed by atoms with Crippen LogP contribution in [0.4, 0.5) is 13.2 Å². The van der Waals surface area contributed by atoms with E-state index in [-0.39, 0.29) is 29.5 Å². The van der Waals surface area contributed by atoms with Crippen molar-refractivity contribution < 1.29 is 22.8 Å². The summed E-state index contributed by atoms with van der Waals surface area (Å²) in [5.41, 5.74) is 2.34. The minimum absolute atomic E-state index is 0.0106. The summed E-state index contributed by atoms with van der Waals surface area (Å²) in [5.74, 6) is 1.68. The Morgan fingerprint density at radius 3 is 2.73 bits per heavy atom. The van der Waals surface area contributed by atoms with E-state index in [0.29, 0.717) is 24.2 Å². The number of halogens is 3. The van der Waals surface area contributed by atoms with Crippen molar-refractivity contribution in [2.75, 3.05) is 0 Å². The summed E-state index contributed by atoms with van der Waals surface area (Å²) >= 11 is 0. The second kappa shape index (κ2) is 7.94. The van der Waals surface area contributed by atoms with Crippen molar-refractivity contribution in [3.63, 3.8) is 0 Å². The van der Waals surface area contributed by atoms with Crippen molar-refractivity contribution in [1.29, 1.82) is 0 Å². The van der Waals surface area contributed by atoms with E-state index < -0.39 is 12.6 Å². The third-order valence-electron chi connectivity index (χ3n) is 8.94. The van der Waals surface area contributed by atoms with Gasteiger partial charge in [0.2, 0.25) is 0 Å². The number of fused-ring (bicyclic) bond motifs is 5. The molecule has 5 heteroatoms. The number of aldehydes is 1. The van der Waals surface area contributed by atoms with Crippen LogP contribution in [-0.2, 0) is 9.59 Å². The van der Waals surface area contributed by atoms with Gasteiger partial charge in [0.1, 0.15) is 12.1 Å². The molecule has 0 N–H and O–H groups in total. The number of allylic oxidation sites excluding steroid dienone is 4. The smallest absolute Gasteiger partial charge is 0.300 e. The van der Waals surface area contributed by atoms with E-state index >= 15 is 0 Å². The SMILES string of the molecule is C[C@]12CCC(C=O)=CC1=CC[C@H]1[C@@H]3CCC[C@@]3(CC(=O)CCCC(F)(F)F)CC[C@@H]12. The molecule has 2 nitrogen and oxygen atoms in total. The van der Waals surface area contributed by atoms with Crippen LogP contribution < -0.4 is 0 Å². The zero-order chi connectivity index (χ0) is 21.6. The Morgan fingerprint density at radius 2 is 2.00 bits per heavy atom. The first kappa shape index (κ1) is 21.8. The molecule has 0 heterocycles. The van der Waals surface area contributed by atoms with Crippen LogP contribution in [0.15, 0.2) is 23.3 Å². The number of hydrogen-bond donors (Lipinski definition) is 0. The fourth-order valence-electron chi connectivity index (χ4n) is 7.51. The van der Waals surface area contributed by atoms with Gasteiger partial charge in [0.05, 0.1) is 0 Å². The summed E-state index contributed by atoms with van der Waals surface area (Å²) in [4.78, 5) is 23.9. The first-order valence-electron chi connectivity index (χ1n) is 11.6. The predicted molar refractivity (Wildman–Crippen MR) is 110 cm³/mol. The van der Waals surface area contributed by atoms with Crippen LogP contribution in [0.5, 0.6) is 0 Å². The van der Waals surface area contributed by atoms with Crippen molar-refractivity contribution >= 4 is 12.1 Å². The van der Waals surface area contributed by atoms with Gasteiger partial charge < -0.3 is 0 Å². The van der Waals surface area contributed by atoms with E-state index in [1.54, 1.807) is 0 Å². The highest BCUT2D eigenvalue weighted by Crippen LogP contribution is 2.65. The Hall–Kier alpha value is -1.39.